The highest BCUT2D eigenvalue weighted by atomic mass is 16.2. The molecule has 0 aliphatic rings. The lowest BCUT2D eigenvalue weighted by molar-refractivity contribution is -0.120. The van der Waals surface area contributed by atoms with Gasteiger partial charge in [-0.25, -0.2) is 0 Å². The Balaban J connectivity index is 1.80. The molecule has 3 aromatic rings. The van der Waals surface area contributed by atoms with Crippen molar-refractivity contribution in [2.45, 2.75) is 52.6 Å². The number of carbonyl (C=O) groups excluding carboxylic acids is 2. The number of nitrogens with two attached hydrogens (primary N) is 2. The summed E-state index contributed by atoms with van der Waals surface area (Å²) < 4.78 is 0. The molecule has 0 bridgehead atoms. The van der Waals surface area contributed by atoms with Gasteiger partial charge in [0.25, 0.3) is 5.91 Å². The first-order chi connectivity index (χ1) is 17.7. The van der Waals surface area contributed by atoms with E-state index in [9.17, 15) is 9.59 Å². The van der Waals surface area contributed by atoms with Crippen LogP contribution in [0.1, 0.15) is 60.8 Å². The van der Waals surface area contributed by atoms with Gasteiger partial charge >= 0.3 is 0 Å². The zero-order valence-electron chi connectivity index (χ0n) is 21.6. The second-order valence-corrected chi connectivity index (χ2v) is 9.24. The monoisotopic (exact) mass is 504 g/mol. The Morgan fingerprint density at radius 1 is 1.08 bits per heavy atom. The number of nitrogen functional groups attached to an aromatic ring is 2. The van der Waals surface area contributed by atoms with Crippen LogP contribution in [0.5, 0.6) is 0 Å². The Morgan fingerprint density at radius 3 is 2.46 bits per heavy atom. The van der Waals surface area contributed by atoms with Crippen LogP contribution in [-0.2, 0) is 17.8 Å². The van der Waals surface area contributed by atoms with E-state index in [1.54, 1.807) is 41.3 Å². The van der Waals surface area contributed by atoms with E-state index in [0.29, 0.717) is 46.7 Å². The molecule has 1 aromatic heterocycles. The lowest BCUT2D eigenvalue weighted by Crippen LogP contribution is -2.26. The number of hydrogen-bond acceptors (Lipinski definition) is 6. The molecular weight excluding hydrogens is 468 g/mol. The van der Waals surface area contributed by atoms with Crippen molar-refractivity contribution in [3.63, 3.8) is 0 Å². The number of carbonyl (C=O) groups is 2. The van der Waals surface area contributed by atoms with Crippen molar-refractivity contribution in [1.29, 1.82) is 5.41 Å². The summed E-state index contributed by atoms with van der Waals surface area (Å²) >= 11 is 0. The highest BCUT2D eigenvalue weighted by Crippen LogP contribution is 2.27. The number of anilines is 1. The van der Waals surface area contributed by atoms with Gasteiger partial charge < -0.3 is 27.5 Å². The van der Waals surface area contributed by atoms with E-state index in [1.165, 1.54) is 0 Å². The maximum atomic E-state index is 12.8. The Bertz CT molecular complexity index is 1250. The van der Waals surface area contributed by atoms with E-state index < -0.39 is 0 Å². The SMILES string of the molecule is CCCCNC(=O)c1cc(N)cc(-c2cn(NC(C)C)nc2CC(=O)NCc2ccc(C(=N)N)cc2)c1. The van der Waals surface area contributed by atoms with Gasteiger partial charge in [0.05, 0.1) is 18.3 Å². The average Bonchev–Trinajstić information content (AvgIpc) is 3.23. The first-order valence-electron chi connectivity index (χ1n) is 12.4. The number of amidine groups is 1. The number of nitrogens with zero attached hydrogens (tertiary/aromatic N) is 2. The Morgan fingerprint density at radius 2 is 1.81 bits per heavy atom. The highest BCUT2D eigenvalue weighted by Gasteiger charge is 2.18. The van der Waals surface area contributed by atoms with Crippen molar-refractivity contribution in [1.82, 2.24) is 20.5 Å². The van der Waals surface area contributed by atoms with Gasteiger partial charge in [-0.1, -0.05) is 37.6 Å². The molecule has 0 saturated heterocycles. The number of nitrogens with one attached hydrogen (secondary N) is 4. The summed E-state index contributed by atoms with van der Waals surface area (Å²) in [5, 5.41) is 17.9. The molecule has 10 nitrogen and oxygen atoms in total. The predicted octanol–water partition coefficient (Wildman–Crippen LogP) is 2.76. The number of aromatic nitrogens is 2. The first kappa shape index (κ1) is 27.3. The molecule has 2 aromatic carbocycles. The molecule has 1 heterocycles. The van der Waals surface area contributed by atoms with Gasteiger partial charge in [0.1, 0.15) is 5.84 Å². The maximum absolute atomic E-state index is 12.8. The maximum Gasteiger partial charge on any atom is 0.251 e. The van der Waals surface area contributed by atoms with E-state index in [0.717, 1.165) is 18.4 Å². The van der Waals surface area contributed by atoms with E-state index in [4.69, 9.17) is 16.9 Å². The van der Waals surface area contributed by atoms with E-state index >= 15 is 0 Å². The van der Waals surface area contributed by atoms with Gasteiger partial charge in [0.15, 0.2) is 0 Å². The molecular formula is C27H36N8O2. The van der Waals surface area contributed by atoms with Crippen LogP contribution < -0.4 is 27.5 Å². The van der Waals surface area contributed by atoms with Crippen LogP contribution >= 0.6 is 0 Å². The minimum Gasteiger partial charge on any atom is -0.399 e. The average molecular weight is 505 g/mol. The third-order valence-corrected chi connectivity index (χ3v) is 5.61. The summed E-state index contributed by atoms with van der Waals surface area (Å²) in [5.74, 6) is -0.394. The largest absolute Gasteiger partial charge is 0.399 e. The lowest BCUT2D eigenvalue weighted by atomic mass is 10.0. The first-order valence-corrected chi connectivity index (χ1v) is 12.4. The van der Waals surface area contributed by atoms with Crippen molar-refractivity contribution in [2.24, 2.45) is 5.73 Å². The molecule has 0 atom stereocenters. The molecule has 0 saturated carbocycles. The van der Waals surface area contributed by atoms with Crippen molar-refractivity contribution >= 4 is 23.3 Å². The molecule has 37 heavy (non-hydrogen) atoms. The standard InChI is InChI=1S/C27H36N8O2/c1-4-5-10-31-27(37)21-11-20(12-22(28)13-21)23-16-35(33-17(2)3)34-24(23)14-25(36)32-15-18-6-8-19(9-7-18)26(29)30/h6-9,11-13,16-17,33H,4-5,10,14-15,28H2,1-3H3,(H3,29,30)(H,31,37)(H,32,36). The Kier molecular flexibility index (Phi) is 9.26. The zero-order chi connectivity index (χ0) is 26.9. The van der Waals surface area contributed by atoms with Crippen molar-refractivity contribution in [3.8, 4) is 11.1 Å². The van der Waals surface area contributed by atoms with E-state index in [-0.39, 0.29) is 30.1 Å². The lowest BCUT2D eigenvalue weighted by Gasteiger charge is -2.09. The molecule has 0 radical (unpaired) electrons. The van der Waals surface area contributed by atoms with Crippen LogP contribution in [0.25, 0.3) is 11.1 Å². The number of amides is 2. The van der Waals surface area contributed by atoms with Crippen LogP contribution in [0.3, 0.4) is 0 Å². The molecule has 3 rings (SSSR count). The van der Waals surface area contributed by atoms with Gasteiger partial charge in [-0.15, -0.1) is 0 Å². The van der Waals surface area contributed by atoms with Gasteiger partial charge in [-0.2, -0.15) is 9.89 Å². The third-order valence-electron chi connectivity index (χ3n) is 5.61. The van der Waals surface area contributed by atoms with Gasteiger partial charge in [0, 0.05) is 41.5 Å². The fraction of sp³-hybridized carbons (Fsp3) is 0.333. The van der Waals surface area contributed by atoms with Crippen LogP contribution in [0.4, 0.5) is 5.69 Å². The fourth-order valence-electron chi connectivity index (χ4n) is 3.75. The molecule has 196 valence electrons. The Labute approximate surface area is 217 Å². The fourth-order valence-corrected chi connectivity index (χ4v) is 3.75. The van der Waals surface area contributed by atoms with Crippen LogP contribution in [0, 0.1) is 5.41 Å². The van der Waals surface area contributed by atoms with Crippen molar-refractivity contribution in [3.05, 3.63) is 71.0 Å². The predicted molar refractivity (Wildman–Crippen MR) is 147 cm³/mol. The summed E-state index contributed by atoms with van der Waals surface area (Å²) in [7, 11) is 0. The van der Waals surface area contributed by atoms with Crippen LogP contribution in [0.15, 0.2) is 48.7 Å². The number of rotatable bonds is 12. The van der Waals surface area contributed by atoms with E-state index in [1.807, 2.05) is 26.0 Å². The quantitative estimate of drug-likeness (QED) is 0.0961. The summed E-state index contributed by atoms with van der Waals surface area (Å²) in [6.07, 6.45) is 3.73. The van der Waals surface area contributed by atoms with Crippen LogP contribution in [0.2, 0.25) is 0 Å². The van der Waals surface area contributed by atoms with Crippen LogP contribution in [-0.4, -0.2) is 40.1 Å². The summed E-state index contributed by atoms with van der Waals surface area (Å²) in [6, 6.07) is 12.4. The number of unbranched alkanes of at least 4 members (excludes halogenated alkanes) is 1. The van der Waals surface area contributed by atoms with Gasteiger partial charge in [-0.3, -0.25) is 15.0 Å². The summed E-state index contributed by atoms with van der Waals surface area (Å²) in [4.78, 5) is 27.1. The number of hydrogen-bond donors (Lipinski definition) is 6. The third kappa shape index (κ3) is 7.83. The molecule has 0 unspecified atom stereocenters. The summed E-state index contributed by atoms with van der Waals surface area (Å²) in [6.45, 7) is 6.97. The number of benzene rings is 2. The van der Waals surface area contributed by atoms with E-state index in [2.05, 4.69) is 28.1 Å². The molecule has 0 fully saturated rings. The summed E-state index contributed by atoms with van der Waals surface area (Å²) in [5.41, 5.74) is 19.3. The molecule has 0 aliphatic heterocycles. The minimum absolute atomic E-state index is 0.00291. The topological polar surface area (TPSA) is 164 Å². The molecule has 10 heteroatoms. The molecule has 2 amide bonds. The smallest absolute Gasteiger partial charge is 0.251 e. The molecule has 0 spiro atoms. The normalized spacial score (nSPS) is 10.8. The van der Waals surface area contributed by atoms with Crippen molar-refractivity contribution in [2.75, 3.05) is 17.7 Å². The second-order valence-electron chi connectivity index (χ2n) is 9.24. The molecule has 8 N–H and O–H groups in total. The minimum atomic E-state index is -0.201. The molecule has 0 aliphatic carbocycles. The Hall–Kier alpha value is -4.34. The van der Waals surface area contributed by atoms with Gasteiger partial charge in [-0.05, 0) is 49.6 Å². The highest BCUT2D eigenvalue weighted by molar-refractivity contribution is 5.97. The van der Waals surface area contributed by atoms with Crippen molar-refractivity contribution < 1.29 is 9.59 Å². The zero-order valence-corrected chi connectivity index (χ0v) is 21.6. The second kappa shape index (κ2) is 12.6. The van der Waals surface area contributed by atoms with Gasteiger partial charge in [0.2, 0.25) is 5.91 Å².